The Hall–Kier alpha value is -1.10. The van der Waals surface area contributed by atoms with Crippen LogP contribution < -0.4 is 10.6 Å². The quantitative estimate of drug-likeness (QED) is 0.613. The second kappa shape index (κ2) is 6.48. The molecular weight excluding hydrogens is 208 g/mol. The van der Waals surface area contributed by atoms with Gasteiger partial charge in [0.15, 0.2) is 0 Å². The minimum atomic E-state index is -0.945. The van der Waals surface area contributed by atoms with Crippen molar-refractivity contribution in [3.8, 4) is 0 Å². The van der Waals surface area contributed by atoms with E-state index in [-0.39, 0.29) is 5.91 Å². The zero-order valence-electron chi connectivity index (χ0n) is 9.66. The lowest BCUT2D eigenvalue weighted by Crippen LogP contribution is -2.41. The monoisotopic (exact) mass is 228 g/mol. The third-order valence-corrected chi connectivity index (χ3v) is 2.85. The van der Waals surface area contributed by atoms with Crippen molar-refractivity contribution >= 4 is 11.9 Å². The molecule has 3 N–H and O–H groups in total. The Balaban J connectivity index is 2.32. The van der Waals surface area contributed by atoms with Crippen molar-refractivity contribution in [1.82, 2.24) is 10.6 Å². The summed E-state index contributed by atoms with van der Waals surface area (Å²) in [6.07, 6.45) is 2.67. The van der Waals surface area contributed by atoms with Crippen LogP contribution in [-0.4, -0.2) is 36.1 Å². The topological polar surface area (TPSA) is 78.4 Å². The van der Waals surface area contributed by atoms with Gasteiger partial charge in [0.1, 0.15) is 6.04 Å². The summed E-state index contributed by atoms with van der Waals surface area (Å²) in [6, 6.07) is -0.730. The molecule has 1 fully saturated rings. The summed E-state index contributed by atoms with van der Waals surface area (Å²) >= 11 is 0. The Morgan fingerprint density at radius 2 is 2.31 bits per heavy atom. The van der Waals surface area contributed by atoms with Gasteiger partial charge in [0.25, 0.3) is 0 Å². The largest absolute Gasteiger partial charge is 0.480 e. The standard InChI is InChI=1S/C11H20N2O3/c1-2-3-9(11(15)16)13-10(14)6-8-4-5-12-7-8/h8-9,12H,2-7H2,1H3,(H,13,14)(H,15,16)/t8?,9-/m0/s1. The number of aliphatic carboxylic acids is 1. The number of carbonyl (C=O) groups excluding carboxylic acids is 1. The summed E-state index contributed by atoms with van der Waals surface area (Å²) in [5.41, 5.74) is 0. The van der Waals surface area contributed by atoms with Gasteiger partial charge in [-0.25, -0.2) is 4.79 Å². The third-order valence-electron chi connectivity index (χ3n) is 2.85. The SMILES string of the molecule is CCC[C@H](NC(=O)CC1CCNC1)C(=O)O. The molecule has 0 aromatic heterocycles. The lowest BCUT2D eigenvalue weighted by molar-refractivity contribution is -0.142. The predicted molar refractivity (Wildman–Crippen MR) is 60.1 cm³/mol. The average molecular weight is 228 g/mol. The van der Waals surface area contributed by atoms with E-state index in [1.165, 1.54) is 0 Å². The summed E-state index contributed by atoms with van der Waals surface area (Å²) in [6.45, 7) is 3.72. The highest BCUT2D eigenvalue weighted by Gasteiger charge is 2.22. The zero-order valence-corrected chi connectivity index (χ0v) is 9.66. The lowest BCUT2D eigenvalue weighted by Gasteiger charge is -2.15. The molecule has 0 radical (unpaired) electrons. The molecule has 2 atom stereocenters. The molecule has 5 nitrogen and oxygen atoms in total. The van der Waals surface area contributed by atoms with E-state index in [1.54, 1.807) is 0 Å². The molecule has 1 heterocycles. The first-order valence-electron chi connectivity index (χ1n) is 5.86. The summed E-state index contributed by atoms with van der Waals surface area (Å²) in [5.74, 6) is -0.731. The van der Waals surface area contributed by atoms with Crippen LogP contribution >= 0.6 is 0 Å². The number of amides is 1. The fourth-order valence-electron chi connectivity index (χ4n) is 1.95. The van der Waals surface area contributed by atoms with Crippen molar-refractivity contribution in [2.75, 3.05) is 13.1 Å². The van der Waals surface area contributed by atoms with Crippen molar-refractivity contribution in [2.45, 2.75) is 38.6 Å². The van der Waals surface area contributed by atoms with E-state index < -0.39 is 12.0 Å². The maximum atomic E-state index is 11.6. The molecule has 0 spiro atoms. The number of hydrogen-bond acceptors (Lipinski definition) is 3. The molecule has 0 bridgehead atoms. The Kier molecular flexibility index (Phi) is 5.25. The molecule has 5 heteroatoms. The van der Waals surface area contributed by atoms with Crippen molar-refractivity contribution in [3.63, 3.8) is 0 Å². The minimum Gasteiger partial charge on any atom is -0.480 e. The molecule has 0 aromatic carbocycles. The van der Waals surface area contributed by atoms with E-state index in [0.717, 1.165) is 25.9 Å². The molecule has 0 saturated carbocycles. The van der Waals surface area contributed by atoms with Gasteiger partial charge >= 0.3 is 5.97 Å². The fourth-order valence-corrected chi connectivity index (χ4v) is 1.95. The van der Waals surface area contributed by atoms with Gasteiger partial charge < -0.3 is 15.7 Å². The molecule has 1 aliphatic heterocycles. The first kappa shape index (κ1) is 13.0. The van der Waals surface area contributed by atoms with Crippen LogP contribution in [0.2, 0.25) is 0 Å². The van der Waals surface area contributed by atoms with Crippen LogP contribution in [0.15, 0.2) is 0 Å². The van der Waals surface area contributed by atoms with Crippen LogP contribution in [0.1, 0.15) is 32.6 Å². The molecule has 1 amide bonds. The highest BCUT2D eigenvalue weighted by Crippen LogP contribution is 2.12. The second-order valence-corrected chi connectivity index (χ2v) is 4.31. The van der Waals surface area contributed by atoms with Crippen molar-refractivity contribution < 1.29 is 14.7 Å². The number of hydrogen-bond donors (Lipinski definition) is 3. The number of nitrogens with one attached hydrogen (secondary N) is 2. The van der Waals surface area contributed by atoms with Crippen molar-refractivity contribution in [2.24, 2.45) is 5.92 Å². The second-order valence-electron chi connectivity index (χ2n) is 4.31. The van der Waals surface area contributed by atoms with Crippen LogP contribution in [0.5, 0.6) is 0 Å². The molecule has 1 saturated heterocycles. The lowest BCUT2D eigenvalue weighted by atomic mass is 10.0. The molecule has 1 aliphatic rings. The molecule has 0 aliphatic carbocycles. The Labute approximate surface area is 95.6 Å². The third kappa shape index (κ3) is 4.18. The van der Waals surface area contributed by atoms with Crippen LogP contribution in [-0.2, 0) is 9.59 Å². The van der Waals surface area contributed by atoms with E-state index in [9.17, 15) is 9.59 Å². The van der Waals surface area contributed by atoms with Gasteiger partial charge in [-0.1, -0.05) is 13.3 Å². The summed E-state index contributed by atoms with van der Waals surface area (Å²) in [5, 5.41) is 14.6. The van der Waals surface area contributed by atoms with Crippen molar-refractivity contribution in [3.05, 3.63) is 0 Å². The van der Waals surface area contributed by atoms with Gasteiger partial charge in [-0.3, -0.25) is 4.79 Å². The van der Waals surface area contributed by atoms with Gasteiger partial charge in [0.2, 0.25) is 5.91 Å². The first-order chi connectivity index (χ1) is 7.63. The van der Waals surface area contributed by atoms with Crippen LogP contribution in [0, 0.1) is 5.92 Å². The highest BCUT2D eigenvalue weighted by molar-refractivity contribution is 5.83. The fraction of sp³-hybridized carbons (Fsp3) is 0.818. The Bertz CT molecular complexity index is 250. The van der Waals surface area contributed by atoms with E-state index in [2.05, 4.69) is 10.6 Å². The number of carboxylic acid groups (broad SMARTS) is 1. The Morgan fingerprint density at radius 1 is 1.56 bits per heavy atom. The minimum absolute atomic E-state index is 0.144. The van der Waals surface area contributed by atoms with E-state index in [1.807, 2.05) is 6.92 Å². The molecule has 1 rings (SSSR count). The van der Waals surface area contributed by atoms with Crippen LogP contribution in [0.4, 0.5) is 0 Å². The average Bonchev–Trinajstić information content (AvgIpc) is 2.69. The van der Waals surface area contributed by atoms with E-state index >= 15 is 0 Å². The molecule has 0 aromatic rings. The van der Waals surface area contributed by atoms with Crippen LogP contribution in [0.3, 0.4) is 0 Å². The molecule has 92 valence electrons. The van der Waals surface area contributed by atoms with Crippen LogP contribution in [0.25, 0.3) is 0 Å². The number of carbonyl (C=O) groups is 2. The van der Waals surface area contributed by atoms with E-state index in [4.69, 9.17) is 5.11 Å². The number of carboxylic acids is 1. The predicted octanol–water partition coefficient (Wildman–Crippen LogP) is 0.356. The molecular formula is C11H20N2O3. The maximum absolute atomic E-state index is 11.6. The normalized spacial score (nSPS) is 21.7. The zero-order chi connectivity index (χ0) is 12.0. The molecule has 1 unspecified atom stereocenters. The molecule has 16 heavy (non-hydrogen) atoms. The highest BCUT2D eigenvalue weighted by atomic mass is 16.4. The van der Waals surface area contributed by atoms with Gasteiger partial charge in [-0.2, -0.15) is 0 Å². The first-order valence-corrected chi connectivity index (χ1v) is 5.86. The summed E-state index contributed by atoms with van der Waals surface area (Å²) in [4.78, 5) is 22.4. The summed E-state index contributed by atoms with van der Waals surface area (Å²) in [7, 11) is 0. The smallest absolute Gasteiger partial charge is 0.326 e. The van der Waals surface area contributed by atoms with Gasteiger partial charge in [0.05, 0.1) is 0 Å². The summed E-state index contributed by atoms with van der Waals surface area (Å²) < 4.78 is 0. The Morgan fingerprint density at radius 3 is 2.81 bits per heavy atom. The van der Waals surface area contributed by atoms with Gasteiger partial charge in [-0.05, 0) is 31.8 Å². The van der Waals surface area contributed by atoms with Gasteiger partial charge in [-0.15, -0.1) is 0 Å². The maximum Gasteiger partial charge on any atom is 0.326 e. The van der Waals surface area contributed by atoms with E-state index in [0.29, 0.717) is 18.8 Å². The van der Waals surface area contributed by atoms with Crippen molar-refractivity contribution in [1.29, 1.82) is 0 Å². The van der Waals surface area contributed by atoms with Gasteiger partial charge in [0, 0.05) is 6.42 Å². The number of rotatable bonds is 6.